The van der Waals surface area contributed by atoms with Gasteiger partial charge in [0.15, 0.2) is 5.78 Å². The normalized spacial score (nSPS) is 26.3. The Hall–Kier alpha value is -5.45. The van der Waals surface area contributed by atoms with Gasteiger partial charge in [0.2, 0.25) is 23.6 Å². The van der Waals surface area contributed by atoms with Gasteiger partial charge in [-0.05, 0) is 85.8 Å². The van der Waals surface area contributed by atoms with Crippen LogP contribution in [-0.2, 0) is 19.2 Å². The van der Waals surface area contributed by atoms with Gasteiger partial charge in [-0.25, -0.2) is 9.29 Å². The molecule has 1 N–H and O–H groups in total. The van der Waals surface area contributed by atoms with Gasteiger partial charge < -0.3 is 9.84 Å². The van der Waals surface area contributed by atoms with Crippen LogP contribution in [0.25, 0.3) is 0 Å². The molecule has 0 aromatic heterocycles. The van der Waals surface area contributed by atoms with E-state index in [0.717, 1.165) is 22.1 Å². The SMILES string of the molecule is C[C@@]12C(=O)N(c3ccc(F)c(Cl)c3)C(=O)[C@@H]1C[C@@H]1C(=CC[C@@H]3C(=O)N(c4ccc(C(=O)c5ccccc5)cc4)C(=O)[C@@H]31)[C@@H]2c1ccc(OCCO)cc1. The second-order valence-corrected chi connectivity index (χ2v) is 14.6. The number of aliphatic hydroxyl groups is 1. The summed E-state index contributed by atoms with van der Waals surface area (Å²) in [6.45, 7) is 1.69. The zero-order chi connectivity index (χ0) is 37.2. The lowest BCUT2D eigenvalue weighted by Crippen LogP contribution is -2.48. The van der Waals surface area contributed by atoms with E-state index in [0.29, 0.717) is 22.6 Å². The van der Waals surface area contributed by atoms with Gasteiger partial charge in [-0.3, -0.25) is 28.9 Å². The predicted octanol–water partition coefficient (Wildman–Crippen LogP) is 6.52. The number of fused-ring (bicyclic) bond motifs is 4. The standard InChI is InChI=1S/C42H34ClFN2O7/c1-42-32(39(50)46(41(42)52)27-13-18-34(44)33(43)21-27)22-31-29(36(42)23-9-14-28(15-10-23)53-20-19-47)16-17-30-35(31)40(51)45(38(30)49)26-11-7-25(8-12-26)37(48)24-5-3-2-4-6-24/h2-16,18,21,30-32,35-36,47H,17,19-20,22H2,1H3/t30-,31+,32-,35-,36-,42+/m0/s1. The lowest BCUT2D eigenvalue weighted by atomic mass is 9.51. The summed E-state index contributed by atoms with van der Waals surface area (Å²) in [6, 6.07) is 26.0. The van der Waals surface area contributed by atoms with Gasteiger partial charge in [-0.1, -0.05) is 65.7 Å². The smallest absolute Gasteiger partial charge is 0.241 e. The average Bonchev–Trinajstić information content (AvgIpc) is 3.54. The number of nitrogens with zero attached hydrogens (tertiary/aromatic N) is 2. The number of carbonyl (C=O) groups is 5. The molecule has 0 bridgehead atoms. The van der Waals surface area contributed by atoms with Gasteiger partial charge in [0.05, 0.1) is 46.2 Å². The molecule has 53 heavy (non-hydrogen) atoms. The molecule has 11 heteroatoms. The lowest BCUT2D eigenvalue weighted by Gasteiger charge is -2.49. The summed E-state index contributed by atoms with van der Waals surface area (Å²) in [5.41, 5.74) is 1.66. The van der Waals surface area contributed by atoms with Crippen molar-refractivity contribution < 1.29 is 38.2 Å². The number of halogens is 2. The van der Waals surface area contributed by atoms with Crippen LogP contribution in [0.4, 0.5) is 15.8 Å². The van der Waals surface area contributed by atoms with Gasteiger partial charge >= 0.3 is 0 Å². The minimum Gasteiger partial charge on any atom is -0.491 e. The summed E-state index contributed by atoms with van der Waals surface area (Å²) < 4.78 is 19.8. The van der Waals surface area contributed by atoms with Crippen molar-refractivity contribution in [3.63, 3.8) is 0 Å². The van der Waals surface area contributed by atoms with E-state index in [9.17, 15) is 33.5 Å². The molecule has 2 aliphatic carbocycles. The number of hydrogen-bond donors (Lipinski definition) is 1. The van der Waals surface area contributed by atoms with Crippen molar-refractivity contribution in [2.24, 2.45) is 29.1 Å². The zero-order valence-electron chi connectivity index (χ0n) is 28.6. The third-order valence-corrected chi connectivity index (χ3v) is 11.7. The van der Waals surface area contributed by atoms with Crippen LogP contribution in [0.15, 0.2) is 109 Å². The molecule has 268 valence electrons. The van der Waals surface area contributed by atoms with Crippen LogP contribution in [0.2, 0.25) is 5.02 Å². The van der Waals surface area contributed by atoms with Crippen molar-refractivity contribution in [1.82, 2.24) is 0 Å². The number of anilines is 2. The van der Waals surface area contributed by atoms with E-state index < -0.39 is 58.5 Å². The number of aliphatic hydroxyl groups excluding tert-OH is 1. The molecule has 8 rings (SSSR count). The molecular formula is C42H34ClFN2O7. The molecule has 4 aliphatic rings. The van der Waals surface area contributed by atoms with Crippen LogP contribution in [0.3, 0.4) is 0 Å². The van der Waals surface area contributed by atoms with E-state index >= 15 is 0 Å². The maximum atomic E-state index is 14.6. The molecule has 6 atom stereocenters. The highest BCUT2D eigenvalue weighted by Crippen LogP contribution is 2.63. The van der Waals surface area contributed by atoms with Crippen molar-refractivity contribution in [2.75, 3.05) is 23.0 Å². The van der Waals surface area contributed by atoms with E-state index in [1.165, 1.54) is 17.0 Å². The number of hydrogen-bond acceptors (Lipinski definition) is 7. The minimum absolute atomic E-state index is 0.0970. The van der Waals surface area contributed by atoms with Crippen molar-refractivity contribution in [2.45, 2.75) is 25.7 Å². The number of rotatable bonds is 8. The molecule has 0 spiro atoms. The Bertz CT molecular complexity index is 2210. The Kier molecular flexibility index (Phi) is 8.62. The maximum absolute atomic E-state index is 14.6. The van der Waals surface area contributed by atoms with Crippen LogP contribution >= 0.6 is 11.6 Å². The highest BCUT2D eigenvalue weighted by atomic mass is 35.5. The molecule has 3 fully saturated rings. The average molecular weight is 733 g/mol. The predicted molar refractivity (Wildman–Crippen MR) is 194 cm³/mol. The number of amides is 4. The molecule has 2 aliphatic heterocycles. The molecule has 4 amide bonds. The first-order chi connectivity index (χ1) is 25.5. The first-order valence-corrected chi connectivity index (χ1v) is 17.9. The number of allylic oxidation sites excluding steroid dienone is 2. The second kappa shape index (κ2) is 13.2. The van der Waals surface area contributed by atoms with E-state index in [2.05, 4.69) is 0 Å². The quantitative estimate of drug-likeness (QED) is 0.125. The minimum atomic E-state index is -1.30. The molecule has 4 aromatic carbocycles. The van der Waals surface area contributed by atoms with Crippen molar-refractivity contribution in [3.05, 3.63) is 136 Å². The highest BCUT2D eigenvalue weighted by molar-refractivity contribution is 6.32. The zero-order valence-corrected chi connectivity index (χ0v) is 29.3. The van der Waals surface area contributed by atoms with Crippen molar-refractivity contribution in [1.29, 1.82) is 0 Å². The second-order valence-electron chi connectivity index (χ2n) is 14.2. The number of ketones is 1. The van der Waals surface area contributed by atoms with Gasteiger partial charge in [0.25, 0.3) is 0 Å². The Morgan fingerprint density at radius 2 is 1.53 bits per heavy atom. The van der Waals surface area contributed by atoms with E-state index in [-0.39, 0.29) is 48.5 Å². The largest absolute Gasteiger partial charge is 0.491 e. The number of benzene rings is 4. The van der Waals surface area contributed by atoms with Crippen LogP contribution < -0.4 is 14.5 Å². The molecule has 9 nitrogen and oxygen atoms in total. The van der Waals surface area contributed by atoms with E-state index in [1.807, 2.05) is 24.3 Å². The van der Waals surface area contributed by atoms with Gasteiger partial charge in [-0.15, -0.1) is 0 Å². The topological polar surface area (TPSA) is 121 Å². The maximum Gasteiger partial charge on any atom is 0.241 e. The monoisotopic (exact) mass is 732 g/mol. The molecule has 0 radical (unpaired) electrons. The summed E-state index contributed by atoms with van der Waals surface area (Å²) in [6.07, 6.45) is 2.36. The van der Waals surface area contributed by atoms with Crippen LogP contribution in [0, 0.1) is 34.9 Å². The first kappa shape index (κ1) is 34.6. The summed E-state index contributed by atoms with van der Waals surface area (Å²) in [7, 11) is 0. The molecular weight excluding hydrogens is 699 g/mol. The van der Waals surface area contributed by atoms with Gasteiger partial charge in [0.1, 0.15) is 18.2 Å². The molecule has 2 heterocycles. The molecule has 1 saturated carbocycles. The van der Waals surface area contributed by atoms with Crippen LogP contribution in [-0.4, -0.2) is 47.7 Å². The Morgan fingerprint density at radius 3 is 2.21 bits per heavy atom. The third kappa shape index (κ3) is 5.42. The van der Waals surface area contributed by atoms with Crippen molar-refractivity contribution >= 4 is 52.4 Å². The van der Waals surface area contributed by atoms with Crippen molar-refractivity contribution in [3.8, 4) is 5.75 Å². The molecule has 2 saturated heterocycles. The molecule has 0 unspecified atom stereocenters. The summed E-state index contributed by atoms with van der Waals surface area (Å²) in [5.74, 6) is -5.62. The number of imide groups is 2. The fourth-order valence-corrected chi connectivity index (χ4v) is 9.13. The van der Waals surface area contributed by atoms with Gasteiger partial charge in [0, 0.05) is 17.0 Å². The van der Waals surface area contributed by atoms with Crippen LogP contribution in [0.5, 0.6) is 5.75 Å². The summed E-state index contributed by atoms with van der Waals surface area (Å²) in [5, 5.41) is 9.00. The fourth-order valence-electron chi connectivity index (χ4n) is 8.96. The summed E-state index contributed by atoms with van der Waals surface area (Å²) >= 11 is 6.11. The fraction of sp³-hybridized carbons (Fsp3) is 0.262. The Morgan fingerprint density at radius 1 is 0.849 bits per heavy atom. The van der Waals surface area contributed by atoms with E-state index in [1.54, 1.807) is 67.6 Å². The number of carbonyl (C=O) groups excluding carboxylic acids is 5. The number of ether oxygens (including phenoxy) is 1. The lowest BCUT2D eigenvalue weighted by molar-refractivity contribution is -0.131. The van der Waals surface area contributed by atoms with E-state index in [4.69, 9.17) is 16.3 Å². The summed E-state index contributed by atoms with van der Waals surface area (Å²) in [4.78, 5) is 72.8. The Balaban J connectivity index is 1.17. The third-order valence-electron chi connectivity index (χ3n) is 11.4. The first-order valence-electron chi connectivity index (χ1n) is 17.5. The highest BCUT2D eigenvalue weighted by Gasteiger charge is 2.67. The van der Waals surface area contributed by atoms with Gasteiger partial charge in [-0.2, -0.15) is 0 Å². The molecule has 4 aromatic rings. The Labute approximate surface area is 309 Å². The van der Waals surface area contributed by atoms with Crippen LogP contribution in [0.1, 0.15) is 47.2 Å².